The molecule has 0 bridgehead atoms. The van der Waals surface area contributed by atoms with E-state index in [9.17, 15) is 14.7 Å². The number of hydrogen-bond donors (Lipinski definition) is 2. The molecule has 0 radical (unpaired) electrons. The van der Waals surface area contributed by atoms with Gasteiger partial charge in [-0.15, -0.1) is 0 Å². The average Bonchev–Trinajstić information content (AvgIpc) is 3.49. The Hall–Kier alpha value is -2.82. The first-order valence-corrected chi connectivity index (χ1v) is 8.79. The van der Waals surface area contributed by atoms with Gasteiger partial charge in [-0.2, -0.15) is 0 Å². The van der Waals surface area contributed by atoms with Crippen molar-refractivity contribution in [3.63, 3.8) is 0 Å². The molecule has 0 aromatic heterocycles. The monoisotopic (exact) mass is 353 g/mol. The van der Waals surface area contributed by atoms with E-state index in [2.05, 4.69) is 5.32 Å². The van der Waals surface area contributed by atoms with Gasteiger partial charge in [0.25, 0.3) is 5.91 Å². The van der Waals surface area contributed by atoms with Crippen LogP contribution in [0.25, 0.3) is 0 Å². The molecule has 2 aromatic rings. The smallest absolute Gasteiger partial charge is 0.315 e. The molecule has 1 amide bonds. The third-order valence-electron chi connectivity index (χ3n) is 4.79. The van der Waals surface area contributed by atoms with Crippen LogP contribution in [0.4, 0.5) is 0 Å². The van der Waals surface area contributed by atoms with Crippen LogP contribution in [0.15, 0.2) is 54.6 Å². The second-order valence-corrected chi connectivity index (χ2v) is 6.94. The molecule has 0 aliphatic heterocycles. The number of carbonyl (C=O) groups excluding carboxylic acids is 1. The van der Waals surface area contributed by atoms with Crippen LogP contribution in [0.1, 0.15) is 35.7 Å². The Balaban J connectivity index is 1.72. The second-order valence-electron chi connectivity index (χ2n) is 6.94. The van der Waals surface area contributed by atoms with Gasteiger partial charge in [-0.05, 0) is 43.4 Å². The molecule has 3 rings (SSSR count). The van der Waals surface area contributed by atoms with Crippen LogP contribution in [-0.2, 0) is 10.2 Å². The summed E-state index contributed by atoms with van der Waals surface area (Å²) in [5, 5.41) is 12.5. The van der Waals surface area contributed by atoms with Gasteiger partial charge in [-0.3, -0.25) is 9.59 Å². The van der Waals surface area contributed by atoms with Gasteiger partial charge in [0.15, 0.2) is 0 Å². The normalized spacial score (nSPS) is 15.7. The predicted octanol–water partition coefficient (Wildman–Crippen LogP) is 3.25. The van der Waals surface area contributed by atoms with E-state index >= 15 is 0 Å². The largest absolute Gasteiger partial charge is 0.492 e. The van der Waals surface area contributed by atoms with E-state index in [1.165, 1.54) is 12.8 Å². The highest BCUT2D eigenvalue weighted by Crippen LogP contribution is 2.30. The van der Waals surface area contributed by atoms with E-state index in [1.54, 1.807) is 49.4 Å². The van der Waals surface area contributed by atoms with Crippen molar-refractivity contribution in [2.75, 3.05) is 13.2 Å². The number of nitrogens with one attached hydrogen (secondary N) is 1. The summed E-state index contributed by atoms with van der Waals surface area (Å²) < 4.78 is 5.77. The Labute approximate surface area is 153 Å². The van der Waals surface area contributed by atoms with Crippen molar-refractivity contribution in [2.45, 2.75) is 25.2 Å². The van der Waals surface area contributed by atoms with Crippen molar-refractivity contribution in [1.82, 2.24) is 5.32 Å². The molecule has 136 valence electrons. The minimum absolute atomic E-state index is 0.0118. The van der Waals surface area contributed by atoms with Crippen LogP contribution in [0.3, 0.4) is 0 Å². The molecule has 2 aromatic carbocycles. The van der Waals surface area contributed by atoms with Gasteiger partial charge in [-0.1, -0.05) is 42.5 Å². The van der Waals surface area contributed by atoms with Crippen molar-refractivity contribution in [1.29, 1.82) is 0 Å². The third-order valence-corrected chi connectivity index (χ3v) is 4.79. The molecule has 0 heterocycles. The lowest BCUT2D eigenvalue weighted by atomic mass is 9.82. The highest BCUT2D eigenvalue weighted by molar-refractivity contribution is 5.97. The van der Waals surface area contributed by atoms with E-state index < -0.39 is 11.4 Å². The topological polar surface area (TPSA) is 75.6 Å². The Morgan fingerprint density at radius 3 is 2.42 bits per heavy atom. The molecule has 1 saturated carbocycles. The van der Waals surface area contributed by atoms with Crippen LogP contribution < -0.4 is 10.1 Å². The lowest BCUT2D eigenvalue weighted by Gasteiger charge is -2.26. The Bertz CT molecular complexity index is 786. The zero-order chi connectivity index (χ0) is 18.6. The van der Waals surface area contributed by atoms with Crippen molar-refractivity contribution in [3.05, 3.63) is 65.7 Å². The number of rotatable bonds is 8. The number of carboxylic acid groups (broad SMARTS) is 1. The van der Waals surface area contributed by atoms with Crippen LogP contribution >= 0.6 is 0 Å². The molecule has 1 aliphatic carbocycles. The summed E-state index contributed by atoms with van der Waals surface area (Å²) in [4.78, 5) is 24.5. The molecule has 5 heteroatoms. The van der Waals surface area contributed by atoms with Gasteiger partial charge in [0, 0.05) is 6.54 Å². The number of hydrogen-bond acceptors (Lipinski definition) is 3. The quantitative estimate of drug-likeness (QED) is 0.764. The van der Waals surface area contributed by atoms with Crippen LogP contribution in [-0.4, -0.2) is 30.1 Å². The SMILES string of the molecule is CC(CNC(=O)c1ccccc1OCC1CC1)(C(=O)O)c1ccccc1. The Kier molecular flexibility index (Phi) is 5.26. The van der Waals surface area contributed by atoms with Crippen LogP contribution in [0.2, 0.25) is 0 Å². The van der Waals surface area contributed by atoms with Crippen LogP contribution in [0, 0.1) is 5.92 Å². The molecule has 0 saturated heterocycles. The lowest BCUT2D eigenvalue weighted by molar-refractivity contribution is -0.142. The molecular weight excluding hydrogens is 330 g/mol. The van der Waals surface area contributed by atoms with Crippen molar-refractivity contribution in [3.8, 4) is 5.75 Å². The summed E-state index contributed by atoms with van der Waals surface area (Å²) in [6.45, 7) is 2.21. The van der Waals surface area contributed by atoms with E-state index in [4.69, 9.17) is 4.74 Å². The highest BCUT2D eigenvalue weighted by Gasteiger charge is 2.35. The van der Waals surface area contributed by atoms with Gasteiger partial charge in [0.2, 0.25) is 0 Å². The number of aliphatic carboxylic acids is 1. The van der Waals surface area contributed by atoms with Gasteiger partial charge < -0.3 is 15.2 Å². The van der Waals surface area contributed by atoms with Crippen molar-refractivity contribution >= 4 is 11.9 Å². The first-order valence-electron chi connectivity index (χ1n) is 8.79. The molecule has 26 heavy (non-hydrogen) atoms. The van der Waals surface area contributed by atoms with E-state index in [0.29, 0.717) is 29.4 Å². The molecule has 5 nitrogen and oxygen atoms in total. The summed E-state index contributed by atoms with van der Waals surface area (Å²) in [7, 11) is 0. The minimum Gasteiger partial charge on any atom is -0.492 e. The first kappa shape index (κ1) is 18.0. The maximum atomic E-state index is 12.6. The molecule has 0 spiro atoms. The third kappa shape index (κ3) is 4.04. The number of ether oxygens (including phenoxy) is 1. The standard InChI is InChI=1S/C21H23NO4/c1-21(20(24)25,16-7-3-2-4-8-16)14-22-19(23)17-9-5-6-10-18(17)26-13-15-11-12-15/h2-10,15H,11-14H2,1H3,(H,22,23)(H,24,25). The maximum absolute atomic E-state index is 12.6. The van der Waals surface area contributed by atoms with Crippen LogP contribution in [0.5, 0.6) is 5.75 Å². The van der Waals surface area contributed by atoms with E-state index in [1.807, 2.05) is 12.1 Å². The number of amides is 1. The summed E-state index contributed by atoms with van der Waals surface area (Å²) in [6, 6.07) is 16.0. The summed E-state index contributed by atoms with van der Waals surface area (Å²) >= 11 is 0. The fourth-order valence-corrected chi connectivity index (χ4v) is 2.73. The highest BCUT2D eigenvalue weighted by atomic mass is 16.5. The summed E-state index contributed by atoms with van der Waals surface area (Å²) in [6.07, 6.45) is 2.34. The Morgan fingerprint density at radius 2 is 1.77 bits per heavy atom. The number of benzene rings is 2. The fourth-order valence-electron chi connectivity index (χ4n) is 2.73. The minimum atomic E-state index is -1.21. The first-order chi connectivity index (χ1) is 12.5. The second kappa shape index (κ2) is 7.60. The Morgan fingerprint density at radius 1 is 1.12 bits per heavy atom. The summed E-state index contributed by atoms with van der Waals surface area (Å²) in [5.41, 5.74) is -0.138. The van der Waals surface area contributed by atoms with Gasteiger partial charge in [0.05, 0.1) is 12.2 Å². The lowest BCUT2D eigenvalue weighted by Crippen LogP contribution is -2.44. The van der Waals surface area contributed by atoms with E-state index in [0.717, 1.165) is 0 Å². The maximum Gasteiger partial charge on any atom is 0.315 e. The molecule has 1 atom stereocenters. The number of para-hydroxylation sites is 1. The number of carboxylic acids is 1. The van der Waals surface area contributed by atoms with Crippen molar-refractivity contribution < 1.29 is 19.4 Å². The van der Waals surface area contributed by atoms with Gasteiger partial charge in [0.1, 0.15) is 11.2 Å². The predicted molar refractivity (Wildman–Crippen MR) is 98.4 cm³/mol. The zero-order valence-electron chi connectivity index (χ0n) is 14.8. The van der Waals surface area contributed by atoms with Gasteiger partial charge >= 0.3 is 5.97 Å². The number of carbonyl (C=O) groups is 2. The summed E-state index contributed by atoms with van der Waals surface area (Å²) in [5.74, 6) is -0.199. The molecule has 1 fully saturated rings. The molecule has 1 unspecified atom stereocenters. The molecular formula is C21H23NO4. The van der Waals surface area contributed by atoms with Gasteiger partial charge in [-0.25, -0.2) is 0 Å². The molecule has 2 N–H and O–H groups in total. The zero-order valence-corrected chi connectivity index (χ0v) is 14.8. The average molecular weight is 353 g/mol. The fraction of sp³-hybridized carbons (Fsp3) is 0.333. The molecule has 1 aliphatic rings. The van der Waals surface area contributed by atoms with Crippen molar-refractivity contribution in [2.24, 2.45) is 5.92 Å². The van der Waals surface area contributed by atoms with E-state index in [-0.39, 0.29) is 12.5 Å².